The lowest BCUT2D eigenvalue weighted by Crippen LogP contribution is -2.26. The van der Waals surface area contributed by atoms with Gasteiger partial charge in [-0.25, -0.2) is 4.98 Å². The van der Waals surface area contributed by atoms with Crippen molar-refractivity contribution >= 4 is 22.4 Å². The smallest absolute Gasteiger partial charge is 0.387 e. The minimum atomic E-state index is -2.91. The van der Waals surface area contributed by atoms with Crippen LogP contribution in [0.2, 0.25) is 0 Å². The molecule has 0 aliphatic rings. The van der Waals surface area contributed by atoms with Gasteiger partial charge in [0.05, 0.1) is 5.69 Å². The summed E-state index contributed by atoms with van der Waals surface area (Å²) in [7, 11) is 0. The van der Waals surface area contributed by atoms with Crippen molar-refractivity contribution in [2.24, 2.45) is 11.7 Å². The van der Waals surface area contributed by atoms with E-state index in [9.17, 15) is 13.6 Å². The van der Waals surface area contributed by atoms with Crippen molar-refractivity contribution in [3.05, 3.63) is 29.6 Å². The van der Waals surface area contributed by atoms with Crippen molar-refractivity contribution < 1.29 is 18.3 Å². The van der Waals surface area contributed by atoms with E-state index in [-0.39, 0.29) is 24.1 Å². The molecule has 0 aliphatic heterocycles. The van der Waals surface area contributed by atoms with Crippen molar-refractivity contribution in [1.29, 1.82) is 0 Å². The summed E-state index contributed by atoms with van der Waals surface area (Å²) in [5.74, 6) is -0.529. The second kappa shape index (κ2) is 7.28. The third-order valence-electron chi connectivity index (χ3n) is 2.91. The summed E-state index contributed by atoms with van der Waals surface area (Å²) in [5.41, 5.74) is 6.32. The van der Waals surface area contributed by atoms with E-state index in [1.165, 1.54) is 17.4 Å². The molecular formula is C14H15F2N3O2S. The van der Waals surface area contributed by atoms with E-state index < -0.39 is 6.61 Å². The van der Waals surface area contributed by atoms with E-state index in [0.717, 1.165) is 0 Å². The van der Waals surface area contributed by atoms with E-state index in [1.54, 1.807) is 30.5 Å². The van der Waals surface area contributed by atoms with Crippen molar-refractivity contribution in [1.82, 2.24) is 4.98 Å². The number of thiazole rings is 1. The van der Waals surface area contributed by atoms with Crippen LogP contribution >= 0.6 is 11.3 Å². The van der Waals surface area contributed by atoms with E-state index in [0.29, 0.717) is 16.4 Å². The van der Waals surface area contributed by atoms with Crippen LogP contribution in [0.1, 0.15) is 6.92 Å². The average molecular weight is 327 g/mol. The lowest BCUT2D eigenvalue weighted by Gasteiger charge is -2.08. The summed E-state index contributed by atoms with van der Waals surface area (Å²) in [6.07, 6.45) is 0. The molecule has 0 spiro atoms. The van der Waals surface area contributed by atoms with Gasteiger partial charge in [0.2, 0.25) is 5.91 Å². The van der Waals surface area contributed by atoms with Crippen LogP contribution in [0, 0.1) is 5.92 Å². The van der Waals surface area contributed by atoms with Crippen molar-refractivity contribution in [2.75, 3.05) is 11.9 Å². The normalized spacial score (nSPS) is 12.2. The van der Waals surface area contributed by atoms with Gasteiger partial charge in [0.25, 0.3) is 0 Å². The summed E-state index contributed by atoms with van der Waals surface area (Å²) in [4.78, 5) is 16.0. The topological polar surface area (TPSA) is 77.2 Å². The zero-order valence-corrected chi connectivity index (χ0v) is 12.6. The Hall–Kier alpha value is -2.06. The molecule has 2 aromatic rings. The molecule has 0 saturated heterocycles. The molecule has 0 aliphatic carbocycles. The molecule has 1 atom stereocenters. The van der Waals surface area contributed by atoms with Crippen LogP contribution in [-0.4, -0.2) is 24.0 Å². The Morgan fingerprint density at radius 3 is 2.86 bits per heavy atom. The van der Waals surface area contributed by atoms with Gasteiger partial charge in [0.1, 0.15) is 5.75 Å². The Morgan fingerprint density at radius 1 is 1.45 bits per heavy atom. The van der Waals surface area contributed by atoms with Crippen LogP contribution in [0.15, 0.2) is 29.6 Å². The number of nitrogens with zero attached hydrogens (tertiary/aromatic N) is 1. The Labute approximate surface area is 130 Å². The fraction of sp³-hybridized carbons (Fsp3) is 0.286. The Bertz CT molecular complexity index is 649. The molecule has 0 radical (unpaired) electrons. The number of halogens is 2. The lowest BCUT2D eigenvalue weighted by atomic mass is 10.1. The third kappa shape index (κ3) is 3.99. The molecule has 118 valence electrons. The van der Waals surface area contributed by atoms with Gasteiger partial charge in [-0.3, -0.25) is 4.79 Å². The first-order valence-corrected chi connectivity index (χ1v) is 7.40. The number of anilines is 1. The maximum atomic E-state index is 12.4. The van der Waals surface area contributed by atoms with Gasteiger partial charge in [-0.15, -0.1) is 11.3 Å². The number of para-hydroxylation sites is 1. The number of hydrogen-bond acceptors (Lipinski definition) is 5. The number of nitrogens with one attached hydrogen (secondary N) is 1. The molecule has 1 unspecified atom stereocenters. The molecule has 8 heteroatoms. The first kappa shape index (κ1) is 16.3. The van der Waals surface area contributed by atoms with Gasteiger partial charge in [0, 0.05) is 23.4 Å². The summed E-state index contributed by atoms with van der Waals surface area (Å²) in [6, 6.07) is 6.36. The fourth-order valence-electron chi connectivity index (χ4n) is 1.67. The van der Waals surface area contributed by atoms with E-state index >= 15 is 0 Å². The highest BCUT2D eigenvalue weighted by molar-refractivity contribution is 7.14. The minimum absolute atomic E-state index is 0.0380. The summed E-state index contributed by atoms with van der Waals surface area (Å²) in [6.45, 7) is -0.977. The molecule has 22 heavy (non-hydrogen) atoms. The van der Waals surface area contributed by atoms with Crippen LogP contribution in [0.25, 0.3) is 11.3 Å². The maximum Gasteiger partial charge on any atom is 0.387 e. The standard InChI is InChI=1S/C14H15F2N3O2S/c1-8(6-17)12(20)19-14-18-10(7-22-14)9-4-2-3-5-11(9)21-13(15)16/h2-5,7-8,13H,6,17H2,1H3,(H,18,19,20). The monoisotopic (exact) mass is 327 g/mol. The Kier molecular flexibility index (Phi) is 5.40. The molecule has 1 amide bonds. The lowest BCUT2D eigenvalue weighted by molar-refractivity contribution is -0.119. The quantitative estimate of drug-likeness (QED) is 0.855. The number of alkyl halides is 2. The highest BCUT2D eigenvalue weighted by Crippen LogP contribution is 2.33. The first-order valence-electron chi connectivity index (χ1n) is 6.52. The average Bonchev–Trinajstić information content (AvgIpc) is 2.94. The number of rotatable bonds is 6. The van der Waals surface area contributed by atoms with Crippen LogP contribution in [0.5, 0.6) is 5.75 Å². The van der Waals surface area contributed by atoms with Crippen LogP contribution in [-0.2, 0) is 4.79 Å². The van der Waals surface area contributed by atoms with Gasteiger partial charge < -0.3 is 15.8 Å². The number of nitrogens with two attached hydrogens (primary N) is 1. The highest BCUT2D eigenvalue weighted by Gasteiger charge is 2.16. The van der Waals surface area contributed by atoms with Crippen molar-refractivity contribution in [3.8, 4) is 17.0 Å². The van der Waals surface area contributed by atoms with Gasteiger partial charge in [-0.2, -0.15) is 8.78 Å². The molecule has 0 bridgehead atoms. The molecule has 5 nitrogen and oxygen atoms in total. The van der Waals surface area contributed by atoms with Gasteiger partial charge >= 0.3 is 6.61 Å². The number of amides is 1. The molecule has 1 heterocycles. The van der Waals surface area contributed by atoms with E-state index in [1.807, 2.05) is 0 Å². The van der Waals surface area contributed by atoms with Gasteiger partial charge in [-0.1, -0.05) is 19.1 Å². The molecule has 0 saturated carbocycles. The second-order valence-electron chi connectivity index (χ2n) is 4.54. The fourth-order valence-corrected chi connectivity index (χ4v) is 2.38. The predicted molar refractivity (Wildman–Crippen MR) is 81.0 cm³/mol. The number of ether oxygens (including phenoxy) is 1. The Balaban J connectivity index is 2.20. The molecule has 3 N–H and O–H groups in total. The van der Waals surface area contributed by atoms with E-state index in [2.05, 4.69) is 15.0 Å². The molecule has 1 aromatic carbocycles. The first-order chi connectivity index (χ1) is 10.5. The second-order valence-corrected chi connectivity index (χ2v) is 5.40. The van der Waals surface area contributed by atoms with Crippen molar-refractivity contribution in [3.63, 3.8) is 0 Å². The predicted octanol–water partition coefficient (Wildman–Crippen LogP) is 2.94. The maximum absolute atomic E-state index is 12.4. The van der Waals surface area contributed by atoms with Crippen molar-refractivity contribution in [2.45, 2.75) is 13.5 Å². The van der Waals surface area contributed by atoms with E-state index in [4.69, 9.17) is 5.73 Å². The highest BCUT2D eigenvalue weighted by atomic mass is 32.1. The zero-order chi connectivity index (χ0) is 16.1. The Morgan fingerprint density at radius 2 is 2.18 bits per heavy atom. The van der Waals surface area contributed by atoms with Gasteiger partial charge in [-0.05, 0) is 12.1 Å². The number of benzene rings is 1. The summed E-state index contributed by atoms with van der Waals surface area (Å²) in [5, 5.41) is 4.69. The molecule has 2 rings (SSSR count). The summed E-state index contributed by atoms with van der Waals surface area (Å²) >= 11 is 1.20. The third-order valence-corrected chi connectivity index (χ3v) is 3.67. The van der Waals surface area contributed by atoms with Crippen LogP contribution in [0.4, 0.5) is 13.9 Å². The minimum Gasteiger partial charge on any atom is -0.434 e. The van der Waals surface area contributed by atoms with Crippen LogP contribution < -0.4 is 15.8 Å². The number of hydrogen-bond donors (Lipinski definition) is 2. The largest absolute Gasteiger partial charge is 0.434 e. The molecule has 0 fully saturated rings. The molecule has 1 aromatic heterocycles. The van der Waals surface area contributed by atoms with Crippen LogP contribution in [0.3, 0.4) is 0 Å². The summed E-state index contributed by atoms with van der Waals surface area (Å²) < 4.78 is 29.3. The molecular weight excluding hydrogens is 312 g/mol. The zero-order valence-electron chi connectivity index (χ0n) is 11.8. The number of carbonyl (C=O) groups excluding carboxylic acids is 1. The number of aromatic nitrogens is 1. The SMILES string of the molecule is CC(CN)C(=O)Nc1nc(-c2ccccc2OC(F)F)cs1. The van der Waals surface area contributed by atoms with Gasteiger partial charge in [0.15, 0.2) is 5.13 Å². The number of carbonyl (C=O) groups is 1.